The lowest BCUT2D eigenvalue weighted by Crippen LogP contribution is -1.99. The molecule has 4 heteroatoms. The maximum absolute atomic E-state index is 10.5. The second-order valence-electron chi connectivity index (χ2n) is 2.33. The highest BCUT2D eigenvalue weighted by Gasteiger charge is 2.06. The van der Waals surface area contributed by atoms with E-state index in [1.807, 2.05) is 6.92 Å². The SMILES string of the molecule is CCc1cc(C(=O)O)cnc1Cl. The molecule has 0 unspecified atom stereocenters. The molecule has 0 aliphatic heterocycles. The van der Waals surface area contributed by atoms with Crippen molar-refractivity contribution in [3.63, 3.8) is 0 Å². The zero-order chi connectivity index (χ0) is 9.14. The number of carboxylic acids is 1. The van der Waals surface area contributed by atoms with Crippen LogP contribution in [0.25, 0.3) is 0 Å². The van der Waals surface area contributed by atoms with E-state index in [9.17, 15) is 4.79 Å². The fourth-order valence-corrected chi connectivity index (χ4v) is 1.10. The molecule has 1 N–H and O–H groups in total. The standard InChI is InChI=1S/C8H8ClNO2/c1-2-5-3-6(8(11)12)4-10-7(5)9/h3-4H,2H2,1H3,(H,11,12). The zero-order valence-corrected chi connectivity index (χ0v) is 7.30. The van der Waals surface area contributed by atoms with Gasteiger partial charge >= 0.3 is 5.97 Å². The highest BCUT2D eigenvalue weighted by atomic mass is 35.5. The Morgan fingerprint density at radius 3 is 2.92 bits per heavy atom. The number of nitrogens with zero attached hydrogens (tertiary/aromatic N) is 1. The number of rotatable bonds is 2. The Labute approximate surface area is 75.0 Å². The summed E-state index contributed by atoms with van der Waals surface area (Å²) in [5, 5.41) is 8.99. The van der Waals surface area contributed by atoms with Gasteiger partial charge in [0, 0.05) is 6.20 Å². The van der Waals surface area contributed by atoms with Gasteiger partial charge in [-0.25, -0.2) is 9.78 Å². The van der Waals surface area contributed by atoms with Crippen LogP contribution in [0.1, 0.15) is 22.8 Å². The number of aromatic nitrogens is 1. The van der Waals surface area contributed by atoms with Crippen LogP contribution >= 0.6 is 11.6 Å². The number of halogens is 1. The Morgan fingerprint density at radius 2 is 2.42 bits per heavy atom. The molecule has 0 saturated heterocycles. The Hall–Kier alpha value is -1.09. The number of carbonyl (C=O) groups is 1. The lowest BCUT2D eigenvalue weighted by molar-refractivity contribution is 0.0696. The van der Waals surface area contributed by atoms with Gasteiger partial charge in [-0.2, -0.15) is 0 Å². The molecule has 0 spiro atoms. The van der Waals surface area contributed by atoms with E-state index >= 15 is 0 Å². The molecule has 12 heavy (non-hydrogen) atoms. The van der Waals surface area contributed by atoms with Crippen LogP contribution in [0.15, 0.2) is 12.3 Å². The first-order chi connectivity index (χ1) is 5.65. The van der Waals surface area contributed by atoms with Crippen LogP contribution in [0, 0.1) is 0 Å². The average molecular weight is 186 g/mol. The van der Waals surface area contributed by atoms with Crippen LogP contribution in [0.5, 0.6) is 0 Å². The molecule has 0 aliphatic rings. The van der Waals surface area contributed by atoms with Gasteiger partial charge in [0.1, 0.15) is 5.15 Å². The van der Waals surface area contributed by atoms with E-state index < -0.39 is 5.97 Å². The number of carboxylic acid groups (broad SMARTS) is 1. The van der Waals surface area contributed by atoms with Gasteiger partial charge in [0.2, 0.25) is 0 Å². The summed E-state index contributed by atoms with van der Waals surface area (Å²) in [6.45, 7) is 1.90. The molecule has 3 nitrogen and oxygen atoms in total. The molecular formula is C8H8ClNO2. The summed E-state index contributed by atoms with van der Waals surface area (Å²) < 4.78 is 0. The summed E-state index contributed by atoms with van der Waals surface area (Å²) in [4.78, 5) is 14.3. The third-order valence-corrected chi connectivity index (χ3v) is 1.88. The van der Waals surface area contributed by atoms with E-state index in [1.54, 1.807) is 0 Å². The lowest BCUT2D eigenvalue weighted by Gasteiger charge is -2.00. The van der Waals surface area contributed by atoms with E-state index in [2.05, 4.69) is 4.98 Å². The van der Waals surface area contributed by atoms with Crippen molar-refractivity contribution in [1.29, 1.82) is 0 Å². The summed E-state index contributed by atoms with van der Waals surface area (Å²) >= 11 is 5.70. The average Bonchev–Trinajstić information content (AvgIpc) is 2.05. The molecule has 1 aromatic rings. The number of hydrogen-bond donors (Lipinski definition) is 1. The molecule has 0 radical (unpaired) electrons. The van der Waals surface area contributed by atoms with Gasteiger partial charge in [-0.05, 0) is 18.1 Å². The zero-order valence-electron chi connectivity index (χ0n) is 6.54. The maximum atomic E-state index is 10.5. The molecule has 0 amide bonds. The van der Waals surface area contributed by atoms with E-state index in [-0.39, 0.29) is 5.56 Å². The van der Waals surface area contributed by atoms with E-state index in [0.29, 0.717) is 11.6 Å². The largest absolute Gasteiger partial charge is 0.478 e. The second kappa shape index (κ2) is 3.54. The Bertz CT molecular complexity index is 312. The van der Waals surface area contributed by atoms with Crippen molar-refractivity contribution in [2.75, 3.05) is 0 Å². The summed E-state index contributed by atoms with van der Waals surface area (Å²) in [5.41, 5.74) is 0.938. The molecule has 1 heterocycles. The van der Waals surface area contributed by atoms with Gasteiger partial charge in [0.15, 0.2) is 0 Å². The molecule has 64 valence electrons. The smallest absolute Gasteiger partial charge is 0.337 e. The van der Waals surface area contributed by atoms with Crippen LogP contribution in [-0.2, 0) is 6.42 Å². The Kier molecular flexibility index (Phi) is 2.65. The van der Waals surface area contributed by atoms with Crippen molar-refractivity contribution < 1.29 is 9.90 Å². The minimum absolute atomic E-state index is 0.177. The van der Waals surface area contributed by atoms with Gasteiger partial charge in [-0.15, -0.1) is 0 Å². The summed E-state index contributed by atoms with van der Waals surface area (Å²) in [6.07, 6.45) is 1.94. The van der Waals surface area contributed by atoms with Crippen molar-refractivity contribution in [2.45, 2.75) is 13.3 Å². The molecule has 0 aromatic carbocycles. The van der Waals surface area contributed by atoms with Crippen LogP contribution in [0.3, 0.4) is 0 Å². The predicted molar refractivity (Wildman–Crippen MR) is 45.6 cm³/mol. The van der Waals surface area contributed by atoms with Gasteiger partial charge in [0.05, 0.1) is 5.56 Å². The van der Waals surface area contributed by atoms with Crippen LogP contribution < -0.4 is 0 Å². The van der Waals surface area contributed by atoms with E-state index in [4.69, 9.17) is 16.7 Å². The van der Waals surface area contributed by atoms with E-state index in [0.717, 1.165) is 5.56 Å². The van der Waals surface area contributed by atoms with Gasteiger partial charge in [0.25, 0.3) is 0 Å². The maximum Gasteiger partial charge on any atom is 0.337 e. The summed E-state index contributed by atoms with van der Waals surface area (Å²) in [7, 11) is 0. The van der Waals surface area contributed by atoms with Crippen molar-refractivity contribution in [3.05, 3.63) is 28.5 Å². The second-order valence-corrected chi connectivity index (χ2v) is 2.69. The predicted octanol–water partition coefficient (Wildman–Crippen LogP) is 2.00. The van der Waals surface area contributed by atoms with Gasteiger partial charge < -0.3 is 5.11 Å². The molecular weight excluding hydrogens is 178 g/mol. The fourth-order valence-electron chi connectivity index (χ4n) is 0.859. The molecule has 0 atom stereocenters. The van der Waals surface area contributed by atoms with Crippen molar-refractivity contribution in [2.24, 2.45) is 0 Å². The molecule has 0 fully saturated rings. The molecule has 0 bridgehead atoms. The first kappa shape index (κ1) is 9.00. The number of aryl methyl sites for hydroxylation is 1. The Morgan fingerprint density at radius 1 is 1.75 bits per heavy atom. The molecule has 1 rings (SSSR count). The highest BCUT2D eigenvalue weighted by Crippen LogP contribution is 2.14. The van der Waals surface area contributed by atoms with Crippen molar-refractivity contribution in [1.82, 2.24) is 4.98 Å². The minimum Gasteiger partial charge on any atom is -0.478 e. The van der Waals surface area contributed by atoms with Crippen molar-refractivity contribution in [3.8, 4) is 0 Å². The summed E-state index contributed by atoms with van der Waals surface area (Å²) in [6, 6.07) is 1.54. The first-order valence-electron chi connectivity index (χ1n) is 3.53. The number of aromatic carboxylic acids is 1. The fraction of sp³-hybridized carbons (Fsp3) is 0.250. The third-order valence-electron chi connectivity index (χ3n) is 1.54. The van der Waals surface area contributed by atoms with Crippen LogP contribution in [0.2, 0.25) is 5.15 Å². The van der Waals surface area contributed by atoms with Crippen LogP contribution in [-0.4, -0.2) is 16.1 Å². The monoisotopic (exact) mass is 185 g/mol. The Balaban J connectivity index is 3.13. The normalized spacial score (nSPS) is 9.83. The number of hydrogen-bond acceptors (Lipinski definition) is 2. The molecule has 1 aromatic heterocycles. The molecule has 0 aliphatic carbocycles. The quantitative estimate of drug-likeness (QED) is 0.717. The lowest BCUT2D eigenvalue weighted by atomic mass is 10.2. The van der Waals surface area contributed by atoms with Gasteiger partial charge in [-0.3, -0.25) is 0 Å². The molecule has 0 saturated carbocycles. The summed E-state index contributed by atoms with van der Waals surface area (Å²) in [5.74, 6) is -0.978. The topological polar surface area (TPSA) is 50.2 Å². The number of pyridine rings is 1. The van der Waals surface area contributed by atoms with Crippen molar-refractivity contribution >= 4 is 17.6 Å². The first-order valence-corrected chi connectivity index (χ1v) is 3.90. The third kappa shape index (κ3) is 1.74. The highest BCUT2D eigenvalue weighted by molar-refractivity contribution is 6.30. The van der Waals surface area contributed by atoms with E-state index in [1.165, 1.54) is 12.3 Å². The van der Waals surface area contributed by atoms with Gasteiger partial charge in [-0.1, -0.05) is 18.5 Å². The minimum atomic E-state index is -0.978. The van der Waals surface area contributed by atoms with Crippen LogP contribution in [0.4, 0.5) is 0 Å².